The summed E-state index contributed by atoms with van der Waals surface area (Å²) in [6, 6.07) is 3.63. The van der Waals surface area contributed by atoms with Gasteiger partial charge in [-0.3, -0.25) is 4.68 Å². The molecule has 108 valence electrons. The summed E-state index contributed by atoms with van der Waals surface area (Å²) in [7, 11) is 1.52. The van der Waals surface area contributed by atoms with E-state index >= 15 is 0 Å². The van der Waals surface area contributed by atoms with Crippen LogP contribution < -0.4 is 5.32 Å². The molecule has 0 aromatic carbocycles. The maximum atomic E-state index is 13.5. The Labute approximate surface area is 117 Å². The number of hydrogen-bond donors (Lipinski definition) is 1. The summed E-state index contributed by atoms with van der Waals surface area (Å²) >= 11 is 1.41. The minimum Gasteiger partial charge on any atom is -0.315 e. The SMILES string of the molecule is Cn1nc(-c2cccs2)nc1C1(C(F)(F)F)CCNC1. The van der Waals surface area contributed by atoms with Crippen molar-refractivity contribution < 1.29 is 13.2 Å². The molecule has 0 spiro atoms. The van der Waals surface area contributed by atoms with Gasteiger partial charge in [-0.15, -0.1) is 11.3 Å². The highest BCUT2D eigenvalue weighted by Gasteiger charge is 2.60. The molecule has 0 saturated carbocycles. The zero-order valence-corrected chi connectivity index (χ0v) is 11.6. The summed E-state index contributed by atoms with van der Waals surface area (Å²) in [5.41, 5.74) is -1.94. The van der Waals surface area contributed by atoms with Gasteiger partial charge in [0.15, 0.2) is 5.82 Å². The topological polar surface area (TPSA) is 42.7 Å². The fourth-order valence-corrected chi connectivity index (χ4v) is 3.22. The molecule has 2 aromatic rings. The summed E-state index contributed by atoms with van der Waals surface area (Å²) in [6.45, 7) is 0.188. The zero-order chi connectivity index (χ0) is 14.4. The van der Waals surface area contributed by atoms with Crippen LogP contribution >= 0.6 is 11.3 Å². The van der Waals surface area contributed by atoms with Crippen molar-refractivity contribution in [3.05, 3.63) is 23.3 Å². The van der Waals surface area contributed by atoms with Crippen LogP contribution in [0.5, 0.6) is 0 Å². The first-order chi connectivity index (χ1) is 9.44. The summed E-state index contributed by atoms with van der Waals surface area (Å²) < 4.78 is 41.8. The van der Waals surface area contributed by atoms with Gasteiger partial charge >= 0.3 is 6.18 Å². The number of nitrogens with one attached hydrogen (secondary N) is 1. The Morgan fingerprint density at radius 1 is 1.45 bits per heavy atom. The van der Waals surface area contributed by atoms with Gasteiger partial charge in [0.2, 0.25) is 0 Å². The molecule has 1 N–H and O–H groups in total. The highest BCUT2D eigenvalue weighted by molar-refractivity contribution is 7.13. The molecule has 20 heavy (non-hydrogen) atoms. The first-order valence-electron chi connectivity index (χ1n) is 6.17. The monoisotopic (exact) mass is 302 g/mol. The van der Waals surface area contributed by atoms with Gasteiger partial charge in [0.05, 0.1) is 4.88 Å². The molecule has 1 fully saturated rings. The van der Waals surface area contributed by atoms with Crippen molar-refractivity contribution in [1.82, 2.24) is 20.1 Å². The maximum absolute atomic E-state index is 13.5. The molecule has 0 bridgehead atoms. The van der Waals surface area contributed by atoms with Crippen LogP contribution in [0.25, 0.3) is 10.7 Å². The molecule has 4 nitrogen and oxygen atoms in total. The molecule has 2 aromatic heterocycles. The van der Waals surface area contributed by atoms with Crippen molar-refractivity contribution >= 4 is 11.3 Å². The zero-order valence-electron chi connectivity index (χ0n) is 10.7. The van der Waals surface area contributed by atoms with E-state index in [2.05, 4.69) is 15.4 Å². The fourth-order valence-electron chi connectivity index (χ4n) is 2.56. The minimum absolute atomic E-state index is 0.00703. The number of halogens is 3. The second-order valence-electron chi connectivity index (χ2n) is 4.87. The van der Waals surface area contributed by atoms with Gasteiger partial charge in [-0.1, -0.05) is 6.07 Å². The summed E-state index contributed by atoms with van der Waals surface area (Å²) in [5.74, 6) is 0.339. The fraction of sp³-hybridized carbons (Fsp3) is 0.500. The standard InChI is InChI=1S/C12H13F3N4S/c1-19-10(11(12(13,14)15)4-5-16-7-11)17-9(18-19)8-3-2-6-20-8/h2-3,6,16H,4-5,7H2,1H3. The Bertz CT molecular complexity index is 597. The summed E-state index contributed by atoms with van der Waals surface area (Å²) in [4.78, 5) is 4.95. The van der Waals surface area contributed by atoms with E-state index in [0.29, 0.717) is 12.4 Å². The van der Waals surface area contributed by atoms with Gasteiger partial charge in [-0.05, 0) is 24.4 Å². The Morgan fingerprint density at radius 2 is 2.25 bits per heavy atom. The van der Waals surface area contributed by atoms with Crippen LogP contribution in [-0.2, 0) is 12.5 Å². The molecule has 1 atom stereocenters. The normalized spacial score (nSPS) is 23.4. The van der Waals surface area contributed by atoms with Gasteiger partial charge in [0, 0.05) is 13.6 Å². The van der Waals surface area contributed by atoms with Gasteiger partial charge in [0.1, 0.15) is 11.2 Å². The predicted octanol–water partition coefficient (Wildman–Crippen LogP) is 2.34. The van der Waals surface area contributed by atoms with Crippen molar-refractivity contribution in [1.29, 1.82) is 0 Å². The average molecular weight is 302 g/mol. The van der Waals surface area contributed by atoms with Crippen molar-refractivity contribution in [2.75, 3.05) is 13.1 Å². The molecular formula is C12H13F3N4S. The van der Waals surface area contributed by atoms with Crippen LogP contribution in [0.3, 0.4) is 0 Å². The molecular weight excluding hydrogens is 289 g/mol. The second kappa shape index (κ2) is 4.56. The molecule has 0 radical (unpaired) electrons. The number of aryl methyl sites for hydroxylation is 1. The lowest BCUT2D eigenvalue weighted by Crippen LogP contribution is -2.46. The van der Waals surface area contributed by atoms with E-state index in [-0.39, 0.29) is 18.8 Å². The number of thiophene rings is 1. The lowest BCUT2D eigenvalue weighted by Gasteiger charge is -2.29. The van der Waals surface area contributed by atoms with Crippen molar-refractivity contribution in [3.63, 3.8) is 0 Å². The number of aromatic nitrogens is 3. The molecule has 1 aliphatic rings. The van der Waals surface area contributed by atoms with E-state index in [9.17, 15) is 13.2 Å². The smallest absolute Gasteiger partial charge is 0.315 e. The molecule has 1 saturated heterocycles. The molecule has 8 heteroatoms. The maximum Gasteiger partial charge on any atom is 0.402 e. The molecule has 3 heterocycles. The van der Waals surface area contributed by atoms with E-state index in [4.69, 9.17) is 0 Å². The van der Waals surface area contributed by atoms with Crippen LogP contribution in [0, 0.1) is 0 Å². The molecule has 1 unspecified atom stereocenters. The quantitative estimate of drug-likeness (QED) is 0.926. The van der Waals surface area contributed by atoms with Gasteiger partial charge in [-0.25, -0.2) is 4.98 Å². The number of rotatable bonds is 2. The summed E-state index contributed by atoms with van der Waals surface area (Å²) in [6.07, 6.45) is -4.35. The third kappa shape index (κ3) is 1.94. The first kappa shape index (κ1) is 13.6. The Kier molecular flexibility index (Phi) is 3.09. The van der Waals surface area contributed by atoms with Crippen molar-refractivity contribution in [3.8, 4) is 10.7 Å². The van der Waals surface area contributed by atoms with Crippen LogP contribution in [0.1, 0.15) is 12.2 Å². The lowest BCUT2D eigenvalue weighted by molar-refractivity contribution is -0.187. The Hall–Kier alpha value is -1.41. The third-order valence-corrected chi connectivity index (χ3v) is 4.50. The van der Waals surface area contributed by atoms with Crippen molar-refractivity contribution in [2.45, 2.75) is 18.0 Å². The number of nitrogens with zero attached hydrogens (tertiary/aromatic N) is 3. The summed E-state index contributed by atoms with van der Waals surface area (Å²) in [5, 5.41) is 8.78. The largest absolute Gasteiger partial charge is 0.402 e. The van der Waals surface area contributed by atoms with Crippen LogP contribution in [0.4, 0.5) is 13.2 Å². The van der Waals surface area contributed by atoms with Crippen molar-refractivity contribution in [2.24, 2.45) is 7.05 Å². The van der Waals surface area contributed by atoms with Crippen LogP contribution in [0.2, 0.25) is 0 Å². The molecule has 3 rings (SSSR count). The number of hydrogen-bond acceptors (Lipinski definition) is 4. The van der Waals surface area contributed by atoms with E-state index in [1.807, 2.05) is 11.4 Å². The van der Waals surface area contributed by atoms with E-state index in [0.717, 1.165) is 4.88 Å². The lowest BCUT2D eigenvalue weighted by atomic mass is 9.85. The van der Waals surface area contributed by atoms with Crippen LogP contribution in [-0.4, -0.2) is 34.0 Å². The third-order valence-electron chi connectivity index (χ3n) is 3.63. The first-order valence-corrected chi connectivity index (χ1v) is 7.05. The van der Waals surface area contributed by atoms with E-state index in [1.54, 1.807) is 6.07 Å². The van der Waals surface area contributed by atoms with Gasteiger partial charge < -0.3 is 5.32 Å². The van der Waals surface area contributed by atoms with E-state index < -0.39 is 11.6 Å². The molecule has 0 aliphatic carbocycles. The Morgan fingerprint density at radius 3 is 2.80 bits per heavy atom. The second-order valence-corrected chi connectivity index (χ2v) is 5.81. The predicted molar refractivity (Wildman–Crippen MR) is 69.5 cm³/mol. The number of alkyl halides is 3. The highest BCUT2D eigenvalue weighted by atomic mass is 32.1. The van der Waals surface area contributed by atoms with Gasteiger partial charge in [-0.2, -0.15) is 18.3 Å². The molecule has 1 aliphatic heterocycles. The highest BCUT2D eigenvalue weighted by Crippen LogP contribution is 2.44. The van der Waals surface area contributed by atoms with Gasteiger partial charge in [0.25, 0.3) is 0 Å². The Balaban J connectivity index is 2.09. The minimum atomic E-state index is -4.34. The van der Waals surface area contributed by atoms with Crippen LogP contribution in [0.15, 0.2) is 17.5 Å². The van der Waals surface area contributed by atoms with E-state index in [1.165, 1.54) is 23.1 Å². The molecule has 0 amide bonds. The average Bonchev–Trinajstić information content (AvgIpc) is 3.07.